The van der Waals surface area contributed by atoms with Crippen molar-refractivity contribution in [2.75, 3.05) is 5.73 Å². The second-order valence-corrected chi connectivity index (χ2v) is 4.59. The molecule has 6 heteroatoms. The van der Waals surface area contributed by atoms with Gasteiger partial charge >= 0.3 is 6.03 Å². The van der Waals surface area contributed by atoms with Gasteiger partial charge in [-0.2, -0.15) is 0 Å². The highest BCUT2D eigenvalue weighted by Gasteiger charge is 2.46. The lowest BCUT2D eigenvalue weighted by Crippen LogP contribution is -2.43. The first-order valence-electron chi connectivity index (χ1n) is 5.81. The summed E-state index contributed by atoms with van der Waals surface area (Å²) in [4.78, 5) is 29.2. The molecule has 0 bridgehead atoms. The molecule has 0 saturated carbocycles. The molecular weight excluding hydrogens is 232 g/mol. The number of anilines is 1. The van der Waals surface area contributed by atoms with Gasteiger partial charge in [0.05, 0.1) is 12.2 Å². The van der Waals surface area contributed by atoms with Crippen LogP contribution in [0.5, 0.6) is 0 Å². The summed E-state index contributed by atoms with van der Waals surface area (Å²) in [6.07, 6.45) is 2.11. The number of urea groups is 1. The van der Waals surface area contributed by atoms with Crippen molar-refractivity contribution in [1.29, 1.82) is 0 Å². The van der Waals surface area contributed by atoms with Gasteiger partial charge in [0.1, 0.15) is 5.54 Å². The molecule has 2 heterocycles. The Balaban J connectivity index is 2.20. The van der Waals surface area contributed by atoms with Gasteiger partial charge in [0, 0.05) is 11.9 Å². The number of imide groups is 1. The molecule has 1 aliphatic heterocycles. The number of aromatic nitrogens is 1. The SMILES string of the molecule is CCC1(C)NC(=O)N(Cc2cc(N)ccn2)C1=O. The maximum Gasteiger partial charge on any atom is 0.325 e. The summed E-state index contributed by atoms with van der Waals surface area (Å²) in [5.41, 5.74) is 5.99. The number of rotatable bonds is 3. The van der Waals surface area contributed by atoms with Gasteiger partial charge in [0.25, 0.3) is 5.91 Å². The van der Waals surface area contributed by atoms with Crippen molar-refractivity contribution in [3.8, 4) is 0 Å². The van der Waals surface area contributed by atoms with Crippen molar-refractivity contribution in [3.63, 3.8) is 0 Å². The van der Waals surface area contributed by atoms with Gasteiger partial charge < -0.3 is 11.1 Å². The van der Waals surface area contributed by atoms with Crippen LogP contribution < -0.4 is 11.1 Å². The zero-order chi connectivity index (χ0) is 13.3. The number of hydrogen-bond acceptors (Lipinski definition) is 4. The second-order valence-electron chi connectivity index (χ2n) is 4.59. The largest absolute Gasteiger partial charge is 0.399 e. The number of amides is 3. The van der Waals surface area contributed by atoms with Crippen LogP contribution >= 0.6 is 0 Å². The molecule has 3 amide bonds. The van der Waals surface area contributed by atoms with Gasteiger partial charge in [0.15, 0.2) is 0 Å². The number of carbonyl (C=O) groups is 2. The van der Waals surface area contributed by atoms with E-state index in [0.29, 0.717) is 17.8 Å². The van der Waals surface area contributed by atoms with Crippen LogP contribution in [0, 0.1) is 0 Å². The summed E-state index contributed by atoms with van der Waals surface area (Å²) in [5.74, 6) is -0.223. The summed E-state index contributed by atoms with van der Waals surface area (Å²) in [6, 6.07) is 2.93. The third kappa shape index (κ3) is 2.01. The molecule has 6 nitrogen and oxygen atoms in total. The van der Waals surface area contributed by atoms with Crippen LogP contribution in [0.2, 0.25) is 0 Å². The first-order chi connectivity index (χ1) is 8.46. The van der Waals surface area contributed by atoms with Gasteiger partial charge in [-0.15, -0.1) is 0 Å². The fourth-order valence-corrected chi connectivity index (χ4v) is 1.88. The molecule has 1 saturated heterocycles. The summed E-state index contributed by atoms with van der Waals surface area (Å²) >= 11 is 0. The van der Waals surface area contributed by atoms with E-state index < -0.39 is 5.54 Å². The van der Waals surface area contributed by atoms with Crippen LogP contribution in [0.25, 0.3) is 0 Å². The molecule has 1 aliphatic rings. The van der Waals surface area contributed by atoms with Gasteiger partial charge in [-0.25, -0.2) is 4.79 Å². The quantitative estimate of drug-likeness (QED) is 0.777. The van der Waals surface area contributed by atoms with Gasteiger partial charge in [0.2, 0.25) is 0 Å². The van der Waals surface area contributed by atoms with E-state index >= 15 is 0 Å². The standard InChI is InChI=1S/C12H16N4O2/c1-3-12(2)10(17)16(11(18)15-12)7-9-6-8(13)4-5-14-9/h4-6H,3,7H2,1-2H3,(H2,13,14)(H,15,18). The molecule has 1 fully saturated rings. The Kier molecular flexibility index (Phi) is 2.94. The topological polar surface area (TPSA) is 88.3 Å². The number of nitrogens with two attached hydrogens (primary N) is 1. The van der Waals surface area contributed by atoms with Gasteiger partial charge in [-0.3, -0.25) is 14.7 Å². The molecule has 0 spiro atoms. The molecule has 1 unspecified atom stereocenters. The number of nitrogens with one attached hydrogen (secondary N) is 1. The lowest BCUT2D eigenvalue weighted by molar-refractivity contribution is -0.131. The van der Waals surface area contributed by atoms with Crippen LogP contribution in [0.1, 0.15) is 26.0 Å². The first-order valence-corrected chi connectivity index (χ1v) is 5.81. The average Bonchev–Trinajstić information content (AvgIpc) is 2.54. The second kappa shape index (κ2) is 4.29. The number of hydrogen-bond donors (Lipinski definition) is 2. The number of nitrogens with zero attached hydrogens (tertiary/aromatic N) is 2. The fourth-order valence-electron chi connectivity index (χ4n) is 1.88. The highest BCUT2D eigenvalue weighted by molar-refractivity contribution is 6.06. The maximum absolute atomic E-state index is 12.1. The van der Waals surface area contributed by atoms with Crippen molar-refractivity contribution in [2.24, 2.45) is 0 Å². The van der Waals surface area contributed by atoms with Crippen molar-refractivity contribution < 1.29 is 9.59 Å². The van der Waals surface area contributed by atoms with E-state index in [1.54, 1.807) is 25.3 Å². The van der Waals surface area contributed by atoms with Crippen LogP contribution in [-0.2, 0) is 11.3 Å². The molecule has 3 N–H and O–H groups in total. The molecule has 1 atom stereocenters. The third-order valence-electron chi connectivity index (χ3n) is 3.21. The van der Waals surface area contributed by atoms with E-state index in [1.165, 1.54) is 4.90 Å². The molecule has 0 radical (unpaired) electrons. The van der Waals surface area contributed by atoms with Crippen LogP contribution in [0.15, 0.2) is 18.3 Å². The Morgan fingerprint density at radius 1 is 1.50 bits per heavy atom. The number of carbonyl (C=O) groups excluding carboxylic acids is 2. The van der Waals surface area contributed by atoms with E-state index in [1.807, 2.05) is 6.92 Å². The zero-order valence-electron chi connectivity index (χ0n) is 10.4. The molecule has 96 valence electrons. The predicted molar refractivity (Wildman–Crippen MR) is 66.4 cm³/mol. The van der Waals surface area contributed by atoms with Crippen LogP contribution in [0.3, 0.4) is 0 Å². The summed E-state index contributed by atoms with van der Waals surface area (Å²) < 4.78 is 0. The number of nitrogen functional groups attached to an aromatic ring is 1. The average molecular weight is 248 g/mol. The zero-order valence-corrected chi connectivity index (χ0v) is 10.4. The van der Waals surface area contributed by atoms with Crippen LogP contribution in [-0.4, -0.2) is 27.4 Å². The maximum atomic E-state index is 12.1. The third-order valence-corrected chi connectivity index (χ3v) is 3.21. The summed E-state index contributed by atoms with van der Waals surface area (Å²) in [7, 11) is 0. The number of pyridine rings is 1. The van der Waals surface area contributed by atoms with Gasteiger partial charge in [-0.1, -0.05) is 6.92 Å². The van der Waals surface area contributed by atoms with E-state index in [4.69, 9.17) is 5.73 Å². The van der Waals surface area contributed by atoms with Crippen molar-refractivity contribution in [2.45, 2.75) is 32.4 Å². The molecular formula is C12H16N4O2. The Labute approximate surface area is 105 Å². The smallest absolute Gasteiger partial charge is 0.325 e. The minimum absolute atomic E-state index is 0.144. The summed E-state index contributed by atoms with van der Waals surface area (Å²) in [5, 5.41) is 2.69. The minimum atomic E-state index is -0.808. The van der Waals surface area contributed by atoms with E-state index in [9.17, 15) is 9.59 Å². The lowest BCUT2D eigenvalue weighted by atomic mass is 9.99. The lowest BCUT2D eigenvalue weighted by Gasteiger charge is -2.19. The Morgan fingerprint density at radius 3 is 2.78 bits per heavy atom. The Hall–Kier alpha value is -2.11. The van der Waals surface area contributed by atoms with E-state index in [0.717, 1.165) is 0 Å². The Morgan fingerprint density at radius 2 is 2.22 bits per heavy atom. The normalized spacial score (nSPS) is 23.3. The highest BCUT2D eigenvalue weighted by atomic mass is 16.2. The molecule has 2 rings (SSSR count). The molecule has 1 aromatic heterocycles. The van der Waals surface area contributed by atoms with Crippen molar-refractivity contribution in [3.05, 3.63) is 24.0 Å². The molecule has 18 heavy (non-hydrogen) atoms. The molecule has 1 aromatic rings. The van der Waals surface area contributed by atoms with E-state index in [-0.39, 0.29) is 18.5 Å². The minimum Gasteiger partial charge on any atom is -0.399 e. The highest BCUT2D eigenvalue weighted by Crippen LogP contribution is 2.22. The van der Waals surface area contributed by atoms with Crippen LogP contribution in [0.4, 0.5) is 10.5 Å². The fraction of sp³-hybridized carbons (Fsp3) is 0.417. The van der Waals surface area contributed by atoms with Crippen molar-refractivity contribution >= 4 is 17.6 Å². The molecule has 0 aromatic carbocycles. The summed E-state index contributed by atoms with van der Waals surface area (Å²) in [6.45, 7) is 3.73. The molecule has 0 aliphatic carbocycles. The van der Waals surface area contributed by atoms with Crippen molar-refractivity contribution in [1.82, 2.24) is 15.2 Å². The Bertz CT molecular complexity index is 503. The van der Waals surface area contributed by atoms with E-state index in [2.05, 4.69) is 10.3 Å². The predicted octanol–water partition coefficient (Wildman–Crippen LogP) is 0.884. The first kappa shape index (κ1) is 12.3. The van der Waals surface area contributed by atoms with Gasteiger partial charge in [-0.05, 0) is 25.5 Å². The monoisotopic (exact) mass is 248 g/mol.